The molecule has 1 aliphatic rings. The minimum atomic E-state index is -4.76. The van der Waals surface area contributed by atoms with Gasteiger partial charge in [-0.3, -0.25) is 9.10 Å². The third-order valence-corrected chi connectivity index (χ3v) is 8.75. The summed E-state index contributed by atoms with van der Waals surface area (Å²) >= 11 is 6.19. The predicted molar refractivity (Wildman–Crippen MR) is 148 cm³/mol. The summed E-state index contributed by atoms with van der Waals surface area (Å²) in [6.07, 6.45) is -3.90. The molecule has 0 spiro atoms. The first-order valence-electron chi connectivity index (χ1n) is 12.4. The van der Waals surface area contributed by atoms with E-state index in [1.54, 1.807) is 19.1 Å². The summed E-state index contributed by atoms with van der Waals surface area (Å²) in [5.74, 6) is -0.911. The van der Waals surface area contributed by atoms with Crippen LogP contribution in [-0.4, -0.2) is 34.1 Å². The van der Waals surface area contributed by atoms with Gasteiger partial charge in [0.25, 0.3) is 10.0 Å². The van der Waals surface area contributed by atoms with E-state index in [-0.39, 0.29) is 47.0 Å². The number of aryl methyl sites for hydroxylation is 1. The maximum atomic E-state index is 14.5. The Hall–Kier alpha value is -3.57. The van der Waals surface area contributed by atoms with Gasteiger partial charge >= 0.3 is 12.1 Å². The second kappa shape index (κ2) is 11.7. The van der Waals surface area contributed by atoms with Crippen molar-refractivity contribution in [1.29, 1.82) is 0 Å². The van der Waals surface area contributed by atoms with Crippen LogP contribution >= 0.6 is 11.6 Å². The lowest BCUT2D eigenvalue weighted by atomic mass is 10.0. The smallest absolute Gasteiger partial charge is 0.416 e. The number of nitrogens with zero attached hydrogens (tertiary/aromatic N) is 1. The Labute approximate surface area is 240 Å². The Bertz CT molecular complexity index is 1600. The number of hydrogen-bond acceptors (Lipinski definition) is 5. The van der Waals surface area contributed by atoms with Gasteiger partial charge in [-0.05, 0) is 73.4 Å². The Kier molecular flexibility index (Phi) is 8.70. The van der Waals surface area contributed by atoms with E-state index >= 15 is 0 Å². The summed E-state index contributed by atoms with van der Waals surface area (Å²) in [4.78, 5) is 11.2. The third kappa shape index (κ3) is 6.51. The number of halogens is 5. The summed E-state index contributed by atoms with van der Waals surface area (Å²) in [5, 5.41) is 0.192. The second-order valence-corrected chi connectivity index (χ2v) is 11.8. The zero-order valence-electron chi connectivity index (χ0n) is 22.3. The van der Waals surface area contributed by atoms with Gasteiger partial charge in [0.15, 0.2) is 0 Å². The fraction of sp³-hybridized carbons (Fsp3) is 0.276. The van der Waals surface area contributed by atoms with Crippen molar-refractivity contribution in [1.82, 2.24) is 0 Å². The van der Waals surface area contributed by atoms with Crippen molar-refractivity contribution in [3.8, 4) is 5.75 Å². The van der Waals surface area contributed by atoms with Gasteiger partial charge in [0, 0.05) is 12.0 Å². The van der Waals surface area contributed by atoms with Crippen LogP contribution in [0, 0.1) is 12.7 Å². The standard InChI is InChI=1S/C29H26ClF4NO5S/c1-17-7-10-21(15-22(17)29(32,33)34)41(37,38)35-16-20(9-12-27(36)39-3)40-26-11-8-19(14-25(26)35)13-18(2)28-23(30)5-4-6-24(28)31/h4-8,10-11,13-15,20H,9,12,16H2,1-3H3/b18-13+/t20-/m0/s1. The Morgan fingerprint density at radius 1 is 1.17 bits per heavy atom. The number of carbonyl (C=O) groups is 1. The van der Waals surface area contributed by atoms with E-state index < -0.39 is 44.5 Å². The average Bonchev–Trinajstić information content (AvgIpc) is 2.90. The van der Waals surface area contributed by atoms with Gasteiger partial charge < -0.3 is 9.47 Å². The molecule has 3 aromatic rings. The number of carbonyl (C=O) groups excluding carboxylic acids is 1. The molecule has 0 amide bonds. The van der Waals surface area contributed by atoms with Crippen molar-refractivity contribution in [3.63, 3.8) is 0 Å². The van der Waals surface area contributed by atoms with Gasteiger partial charge in [0.2, 0.25) is 0 Å². The first-order valence-corrected chi connectivity index (χ1v) is 14.2. The summed E-state index contributed by atoms with van der Waals surface area (Å²) in [5.41, 5.74) is -0.00178. The van der Waals surface area contributed by atoms with Gasteiger partial charge in [-0.2, -0.15) is 13.2 Å². The molecule has 4 rings (SSSR count). The fourth-order valence-corrected chi connectivity index (χ4v) is 6.41. The van der Waals surface area contributed by atoms with Gasteiger partial charge in [-0.15, -0.1) is 0 Å². The highest BCUT2D eigenvalue weighted by atomic mass is 35.5. The number of sulfonamides is 1. The Morgan fingerprint density at radius 3 is 2.56 bits per heavy atom. The number of methoxy groups -OCH3 is 1. The van der Waals surface area contributed by atoms with Crippen molar-refractivity contribution in [3.05, 3.63) is 87.7 Å². The van der Waals surface area contributed by atoms with E-state index in [2.05, 4.69) is 4.74 Å². The highest BCUT2D eigenvalue weighted by Crippen LogP contribution is 2.41. The molecule has 0 saturated heterocycles. The summed E-state index contributed by atoms with van der Waals surface area (Å²) in [6, 6.07) is 11.7. The molecule has 0 bridgehead atoms. The molecule has 12 heteroatoms. The lowest BCUT2D eigenvalue weighted by Gasteiger charge is -2.36. The van der Waals surface area contributed by atoms with Gasteiger partial charge in [0.05, 0.1) is 34.8 Å². The number of ether oxygens (including phenoxy) is 2. The van der Waals surface area contributed by atoms with E-state index in [0.717, 1.165) is 16.4 Å². The maximum absolute atomic E-state index is 14.5. The van der Waals surface area contributed by atoms with E-state index in [1.807, 2.05) is 0 Å². The molecule has 0 fully saturated rings. The lowest BCUT2D eigenvalue weighted by Crippen LogP contribution is -2.43. The van der Waals surface area contributed by atoms with E-state index in [0.29, 0.717) is 17.2 Å². The number of anilines is 1. The third-order valence-electron chi connectivity index (χ3n) is 6.66. The minimum absolute atomic E-state index is 0.0590. The largest absolute Gasteiger partial charge is 0.486 e. The molecular formula is C29H26ClF4NO5S. The Morgan fingerprint density at radius 2 is 1.90 bits per heavy atom. The summed E-state index contributed by atoms with van der Waals surface area (Å²) in [6.45, 7) is 2.62. The maximum Gasteiger partial charge on any atom is 0.416 e. The highest BCUT2D eigenvalue weighted by Gasteiger charge is 2.38. The molecule has 0 aliphatic carbocycles. The molecule has 41 heavy (non-hydrogen) atoms. The first kappa shape index (κ1) is 30.4. The van der Waals surface area contributed by atoms with E-state index in [4.69, 9.17) is 16.3 Å². The van der Waals surface area contributed by atoms with Crippen LogP contribution < -0.4 is 9.04 Å². The monoisotopic (exact) mass is 611 g/mol. The zero-order chi connectivity index (χ0) is 30.1. The topological polar surface area (TPSA) is 72.9 Å². The van der Waals surface area contributed by atoms with Crippen LogP contribution in [0.3, 0.4) is 0 Å². The molecule has 0 N–H and O–H groups in total. The van der Waals surface area contributed by atoms with E-state index in [9.17, 15) is 30.8 Å². The van der Waals surface area contributed by atoms with Crippen molar-refractivity contribution in [2.45, 2.75) is 43.9 Å². The van der Waals surface area contributed by atoms with E-state index in [1.165, 1.54) is 44.4 Å². The van der Waals surface area contributed by atoms with Crippen LogP contribution in [0.5, 0.6) is 5.75 Å². The number of hydrogen-bond donors (Lipinski definition) is 0. The number of esters is 1. The molecule has 6 nitrogen and oxygen atoms in total. The quantitative estimate of drug-likeness (QED) is 0.160. The van der Waals surface area contributed by atoms with Gasteiger partial charge in [0.1, 0.15) is 17.7 Å². The molecule has 3 aromatic carbocycles. The van der Waals surface area contributed by atoms with Crippen molar-refractivity contribution >= 4 is 44.9 Å². The number of benzene rings is 3. The predicted octanol–water partition coefficient (Wildman–Crippen LogP) is 7.28. The summed E-state index contributed by atoms with van der Waals surface area (Å²) < 4.78 is 94.7. The number of rotatable bonds is 7. The average molecular weight is 612 g/mol. The van der Waals surface area contributed by atoms with Crippen LogP contribution in [0.1, 0.15) is 42.0 Å². The van der Waals surface area contributed by atoms with Crippen LogP contribution in [0.25, 0.3) is 11.6 Å². The molecule has 0 unspecified atom stereocenters. The molecule has 0 aromatic heterocycles. The van der Waals surface area contributed by atoms with Crippen molar-refractivity contribution < 1.29 is 40.2 Å². The van der Waals surface area contributed by atoms with Crippen molar-refractivity contribution in [2.75, 3.05) is 18.0 Å². The second-order valence-electron chi connectivity index (χ2n) is 9.52. The highest BCUT2D eigenvalue weighted by molar-refractivity contribution is 7.92. The molecule has 1 aliphatic heterocycles. The van der Waals surface area contributed by atoms with Crippen LogP contribution in [-0.2, 0) is 25.7 Å². The molecular weight excluding hydrogens is 586 g/mol. The molecule has 0 saturated carbocycles. The van der Waals surface area contributed by atoms with Crippen LogP contribution in [0.15, 0.2) is 59.5 Å². The Balaban J connectivity index is 1.81. The number of allylic oxidation sites excluding steroid dienone is 1. The lowest BCUT2D eigenvalue weighted by molar-refractivity contribution is -0.141. The molecule has 1 atom stereocenters. The van der Waals surface area contributed by atoms with Crippen LogP contribution in [0.4, 0.5) is 23.2 Å². The summed E-state index contributed by atoms with van der Waals surface area (Å²) in [7, 11) is -3.31. The van der Waals surface area contributed by atoms with Gasteiger partial charge in [-0.1, -0.05) is 35.9 Å². The normalized spacial score (nSPS) is 15.8. The minimum Gasteiger partial charge on any atom is -0.486 e. The van der Waals surface area contributed by atoms with Gasteiger partial charge in [-0.25, -0.2) is 12.8 Å². The van der Waals surface area contributed by atoms with Crippen LogP contribution in [0.2, 0.25) is 5.02 Å². The van der Waals surface area contributed by atoms with Crippen molar-refractivity contribution in [2.24, 2.45) is 0 Å². The molecule has 0 radical (unpaired) electrons. The fourth-order valence-electron chi connectivity index (χ4n) is 4.57. The first-order chi connectivity index (χ1) is 19.2. The molecule has 218 valence electrons. The number of fused-ring (bicyclic) bond motifs is 1. The number of alkyl halides is 3. The zero-order valence-corrected chi connectivity index (χ0v) is 23.8. The molecule has 1 heterocycles. The SMILES string of the molecule is COC(=O)CC[C@H]1CN(S(=O)(=O)c2ccc(C)c(C(F)(F)F)c2)c2cc(/C=C(\C)c3c(F)cccc3Cl)ccc2O1.